The molecule has 19 heavy (non-hydrogen) atoms. The van der Waals surface area contributed by atoms with E-state index in [1.165, 1.54) is 0 Å². The van der Waals surface area contributed by atoms with Crippen molar-refractivity contribution in [1.82, 2.24) is 14.5 Å². The van der Waals surface area contributed by atoms with Crippen molar-refractivity contribution in [2.24, 2.45) is 0 Å². The van der Waals surface area contributed by atoms with E-state index >= 15 is 0 Å². The predicted molar refractivity (Wildman–Crippen MR) is 83.1 cm³/mol. The Bertz CT molecular complexity index is 693. The average Bonchev–Trinajstić information content (AvgIpc) is 2.99. The molecule has 0 aliphatic rings. The highest BCUT2D eigenvalue weighted by Gasteiger charge is 2.12. The van der Waals surface area contributed by atoms with Crippen molar-refractivity contribution in [2.45, 2.75) is 13.0 Å². The SMILES string of the molecule is ClCCc1nc2cc(Br)ccc2n1Cc1nccs1. The fourth-order valence-electron chi connectivity index (χ4n) is 2.07. The monoisotopic (exact) mass is 355 g/mol. The first-order valence-electron chi connectivity index (χ1n) is 5.87. The molecule has 2 aromatic heterocycles. The Morgan fingerprint density at radius 3 is 3.00 bits per heavy atom. The van der Waals surface area contributed by atoms with E-state index in [2.05, 4.69) is 36.5 Å². The van der Waals surface area contributed by atoms with E-state index in [1.807, 2.05) is 23.7 Å². The maximum atomic E-state index is 5.87. The number of halogens is 2. The lowest BCUT2D eigenvalue weighted by atomic mass is 10.3. The van der Waals surface area contributed by atoms with Gasteiger partial charge in [-0.05, 0) is 18.2 Å². The van der Waals surface area contributed by atoms with E-state index in [4.69, 9.17) is 11.6 Å². The van der Waals surface area contributed by atoms with Crippen LogP contribution in [-0.4, -0.2) is 20.4 Å². The number of hydrogen-bond acceptors (Lipinski definition) is 3. The van der Waals surface area contributed by atoms with Gasteiger partial charge in [-0.3, -0.25) is 0 Å². The van der Waals surface area contributed by atoms with Gasteiger partial charge in [0.1, 0.15) is 10.8 Å². The standard InChI is InChI=1S/C13H11BrClN3S/c14-9-1-2-11-10(7-9)17-12(3-4-15)18(11)8-13-16-5-6-19-13/h1-2,5-7H,3-4,8H2. The lowest BCUT2D eigenvalue weighted by Crippen LogP contribution is -2.05. The molecule has 0 spiro atoms. The quantitative estimate of drug-likeness (QED) is 0.659. The van der Waals surface area contributed by atoms with Gasteiger partial charge in [-0.1, -0.05) is 15.9 Å². The highest BCUT2D eigenvalue weighted by atomic mass is 79.9. The van der Waals surface area contributed by atoms with Crippen LogP contribution in [0, 0.1) is 0 Å². The van der Waals surface area contributed by atoms with Crippen LogP contribution >= 0.6 is 38.9 Å². The van der Waals surface area contributed by atoms with Gasteiger partial charge >= 0.3 is 0 Å². The van der Waals surface area contributed by atoms with Crippen LogP contribution in [-0.2, 0) is 13.0 Å². The Balaban J connectivity index is 2.10. The van der Waals surface area contributed by atoms with Gasteiger partial charge in [-0.2, -0.15) is 0 Å². The molecule has 98 valence electrons. The van der Waals surface area contributed by atoms with Gasteiger partial charge in [0.15, 0.2) is 0 Å². The fourth-order valence-corrected chi connectivity index (χ4v) is 3.19. The lowest BCUT2D eigenvalue weighted by Gasteiger charge is -2.06. The summed E-state index contributed by atoms with van der Waals surface area (Å²) in [5.74, 6) is 1.58. The van der Waals surface area contributed by atoms with Crippen LogP contribution in [0.3, 0.4) is 0 Å². The average molecular weight is 357 g/mol. The van der Waals surface area contributed by atoms with Gasteiger partial charge in [0.25, 0.3) is 0 Å². The van der Waals surface area contributed by atoms with Crippen molar-refractivity contribution >= 4 is 49.9 Å². The molecular weight excluding hydrogens is 346 g/mol. The summed E-state index contributed by atoms with van der Waals surface area (Å²) >= 11 is 11.0. The number of aromatic nitrogens is 3. The minimum absolute atomic E-state index is 0.572. The molecule has 0 atom stereocenters. The number of nitrogens with zero attached hydrogens (tertiary/aromatic N) is 3. The molecule has 0 amide bonds. The summed E-state index contributed by atoms with van der Waals surface area (Å²) in [6.45, 7) is 0.752. The number of benzene rings is 1. The third-order valence-electron chi connectivity index (χ3n) is 2.88. The van der Waals surface area contributed by atoms with E-state index in [0.29, 0.717) is 5.88 Å². The zero-order chi connectivity index (χ0) is 13.2. The Kier molecular flexibility index (Phi) is 3.86. The molecule has 6 heteroatoms. The van der Waals surface area contributed by atoms with E-state index in [-0.39, 0.29) is 0 Å². The molecule has 0 bridgehead atoms. The molecule has 3 nitrogen and oxygen atoms in total. The van der Waals surface area contributed by atoms with E-state index in [0.717, 1.165) is 39.3 Å². The van der Waals surface area contributed by atoms with Crippen LogP contribution in [0.1, 0.15) is 10.8 Å². The lowest BCUT2D eigenvalue weighted by molar-refractivity contribution is 0.750. The molecule has 0 saturated carbocycles. The van der Waals surface area contributed by atoms with Gasteiger partial charge in [0.05, 0.1) is 17.6 Å². The molecule has 1 aromatic carbocycles. The van der Waals surface area contributed by atoms with Crippen molar-refractivity contribution in [1.29, 1.82) is 0 Å². The maximum Gasteiger partial charge on any atom is 0.112 e. The van der Waals surface area contributed by atoms with Crippen molar-refractivity contribution < 1.29 is 0 Å². The summed E-state index contributed by atoms with van der Waals surface area (Å²) in [5, 5.41) is 3.07. The minimum Gasteiger partial charge on any atom is -0.321 e. The van der Waals surface area contributed by atoms with Crippen LogP contribution in [0.2, 0.25) is 0 Å². The number of aryl methyl sites for hydroxylation is 1. The van der Waals surface area contributed by atoms with Crippen molar-refractivity contribution in [3.63, 3.8) is 0 Å². The molecule has 0 N–H and O–H groups in total. The Labute approximate surface area is 128 Å². The van der Waals surface area contributed by atoms with Crippen molar-refractivity contribution in [3.8, 4) is 0 Å². The summed E-state index contributed by atoms with van der Waals surface area (Å²) in [5.41, 5.74) is 2.12. The molecule has 0 saturated heterocycles. The zero-order valence-electron chi connectivity index (χ0n) is 10.0. The highest BCUT2D eigenvalue weighted by Crippen LogP contribution is 2.23. The number of hydrogen-bond donors (Lipinski definition) is 0. The summed E-state index contributed by atoms with van der Waals surface area (Å²) < 4.78 is 3.24. The summed E-state index contributed by atoms with van der Waals surface area (Å²) in [6.07, 6.45) is 2.59. The van der Waals surface area contributed by atoms with Gasteiger partial charge in [0, 0.05) is 28.4 Å². The van der Waals surface area contributed by atoms with E-state index in [9.17, 15) is 0 Å². The maximum absolute atomic E-state index is 5.87. The number of imidazole rings is 1. The first-order valence-corrected chi connectivity index (χ1v) is 8.07. The number of alkyl halides is 1. The second-order valence-corrected chi connectivity index (χ2v) is 6.38. The Hall–Kier alpha value is -0.910. The van der Waals surface area contributed by atoms with Gasteiger partial charge in [-0.25, -0.2) is 9.97 Å². The molecule has 3 rings (SSSR count). The smallest absolute Gasteiger partial charge is 0.112 e. The second kappa shape index (κ2) is 5.61. The summed E-state index contributed by atoms with van der Waals surface area (Å²) in [7, 11) is 0. The second-order valence-electron chi connectivity index (χ2n) is 4.11. The van der Waals surface area contributed by atoms with Crippen LogP contribution in [0.4, 0.5) is 0 Å². The number of thiazole rings is 1. The third kappa shape index (κ3) is 2.68. The van der Waals surface area contributed by atoms with Crippen LogP contribution in [0.5, 0.6) is 0 Å². The van der Waals surface area contributed by atoms with Gasteiger partial charge < -0.3 is 4.57 Å². The highest BCUT2D eigenvalue weighted by molar-refractivity contribution is 9.10. The van der Waals surface area contributed by atoms with Crippen LogP contribution in [0.25, 0.3) is 11.0 Å². The van der Waals surface area contributed by atoms with E-state index in [1.54, 1.807) is 11.3 Å². The van der Waals surface area contributed by atoms with Gasteiger partial charge in [-0.15, -0.1) is 22.9 Å². The summed E-state index contributed by atoms with van der Waals surface area (Å²) in [6, 6.07) is 6.15. The molecule has 2 heterocycles. The van der Waals surface area contributed by atoms with E-state index < -0.39 is 0 Å². The third-order valence-corrected chi connectivity index (χ3v) is 4.33. The Morgan fingerprint density at radius 2 is 2.26 bits per heavy atom. The van der Waals surface area contributed by atoms with Gasteiger partial charge in [0.2, 0.25) is 0 Å². The number of fused-ring (bicyclic) bond motifs is 1. The van der Waals surface area contributed by atoms with Crippen LogP contribution in [0.15, 0.2) is 34.2 Å². The molecule has 0 fully saturated rings. The molecule has 0 unspecified atom stereocenters. The first kappa shape index (κ1) is 13.1. The zero-order valence-corrected chi connectivity index (χ0v) is 13.2. The number of rotatable bonds is 4. The molecule has 3 aromatic rings. The summed E-state index contributed by atoms with van der Waals surface area (Å²) in [4.78, 5) is 9.01. The van der Waals surface area contributed by atoms with Crippen LogP contribution < -0.4 is 0 Å². The molecule has 0 aliphatic carbocycles. The minimum atomic E-state index is 0.572. The largest absolute Gasteiger partial charge is 0.321 e. The predicted octanol–water partition coefficient (Wildman–Crippen LogP) is 4.08. The molecule has 0 aliphatic heterocycles. The Morgan fingerprint density at radius 1 is 1.37 bits per heavy atom. The normalized spacial score (nSPS) is 11.3. The van der Waals surface area contributed by atoms with Crippen molar-refractivity contribution in [3.05, 3.63) is 45.1 Å². The topological polar surface area (TPSA) is 30.7 Å². The molecular formula is C13H11BrClN3S. The first-order chi connectivity index (χ1) is 9.28. The van der Waals surface area contributed by atoms with Crippen molar-refractivity contribution in [2.75, 3.05) is 5.88 Å². The molecule has 0 radical (unpaired) electrons. The fraction of sp³-hybridized carbons (Fsp3) is 0.231.